The Morgan fingerprint density at radius 1 is 1.35 bits per heavy atom. The first-order valence-electron chi connectivity index (χ1n) is 5.84. The maximum atomic E-state index is 11.0. The summed E-state index contributed by atoms with van der Waals surface area (Å²) in [6.07, 6.45) is 4.84. The van der Waals surface area contributed by atoms with Crippen molar-refractivity contribution in [2.75, 3.05) is 0 Å². The average molecular weight is 270 g/mol. The molecule has 0 atom stereocenters. The van der Waals surface area contributed by atoms with Crippen molar-refractivity contribution in [3.8, 4) is 11.5 Å². The standard InChI is InChI=1S/C13H10N4O3/c1-16-8-9(7-15-16)20-12-5-4-11(17(18)19)10-3-2-6-14-13(10)12/h2-8H,1H3. The van der Waals surface area contributed by atoms with Crippen LogP contribution in [0.25, 0.3) is 10.9 Å². The van der Waals surface area contributed by atoms with Crippen LogP contribution in [0.3, 0.4) is 0 Å². The summed E-state index contributed by atoms with van der Waals surface area (Å²) in [5.74, 6) is 1.01. The number of non-ortho nitro benzene ring substituents is 1. The monoisotopic (exact) mass is 270 g/mol. The molecule has 0 bridgehead atoms. The van der Waals surface area contributed by atoms with E-state index in [1.165, 1.54) is 6.07 Å². The zero-order valence-electron chi connectivity index (χ0n) is 10.6. The van der Waals surface area contributed by atoms with E-state index >= 15 is 0 Å². The second-order valence-corrected chi connectivity index (χ2v) is 4.19. The summed E-state index contributed by atoms with van der Waals surface area (Å²) in [7, 11) is 1.78. The van der Waals surface area contributed by atoms with Crippen molar-refractivity contribution in [1.29, 1.82) is 0 Å². The Balaban J connectivity index is 2.12. The third-order valence-corrected chi connectivity index (χ3v) is 2.82. The molecule has 0 aliphatic heterocycles. The summed E-state index contributed by atoms with van der Waals surface area (Å²) in [5, 5.41) is 15.5. The number of hydrogen-bond donors (Lipinski definition) is 0. The Morgan fingerprint density at radius 3 is 2.90 bits per heavy atom. The van der Waals surface area contributed by atoms with Crippen LogP contribution in [0.15, 0.2) is 42.9 Å². The molecule has 0 N–H and O–H groups in total. The van der Waals surface area contributed by atoms with Crippen molar-refractivity contribution in [2.24, 2.45) is 7.05 Å². The Labute approximate surface area is 113 Å². The van der Waals surface area contributed by atoms with Gasteiger partial charge in [-0.2, -0.15) is 5.10 Å². The molecule has 3 aromatic rings. The highest BCUT2D eigenvalue weighted by Gasteiger charge is 2.16. The smallest absolute Gasteiger partial charge is 0.279 e. The fraction of sp³-hybridized carbons (Fsp3) is 0.0769. The molecule has 1 aromatic carbocycles. The molecular weight excluding hydrogens is 260 g/mol. The van der Waals surface area contributed by atoms with Gasteiger partial charge in [-0.15, -0.1) is 0 Å². The van der Waals surface area contributed by atoms with E-state index in [-0.39, 0.29) is 5.69 Å². The maximum absolute atomic E-state index is 11.0. The number of hydrogen-bond acceptors (Lipinski definition) is 5. The molecule has 0 amide bonds. The molecular formula is C13H10N4O3. The maximum Gasteiger partial charge on any atom is 0.279 e. The number of aryl methyl sites for hydroxylation is 1. The first kappa shape index (κ1) is 12.1. The highest BCUT2D eigenvalue weighted by molar-refractivity contribution is 5.92. The van der Waals surface area contributed by atoms with Crippen LogP contribution in [0.5, 0.6) is 11.5 Å². The van der Waals surface area contributed by atoms with Gasteiger partial charge >= 0.3 is 0 Å². The van der Waals surface area contributed by atoms with Crippen LogP contribution in [0, 0.1) is 10.1 Å². The zero-order valence-corrected chi connectivity index (χ0v) is 10.6. The summed E-state index contributed by atoms with van der Waals surface area (Å²) in [5.41, 5.74) is 0.456. The number of nitro benzene ring substituents is 1. The van der Waals surface area contributed by atoms with E-state index < -0.39 is 4.92 Å². The van der Waals surface area contributed by atoms with Crippen molar-refractivity contribution in [3.05, 3.63) is 53.0 Å². The van der Waals surface area contributed by atoms with Gasteiger partial charge < -0.3 is 4.74 Å². The topological polar surface area (TPSA) is 83.1 Å². The molecule has 2 aromatic heterocycles. The van der Waals surface area contributed by atoms with Gasteiger partial charge in [-0.3, -0.25) is 19.8 Å². The third-order valence-electron chi connectivity index (χ3n) is 2.82. The lowest BCUT2D eigenvalue weighted by Gasteiger charge is -2.06. The molecule has 7 heteroatoms. The van der Waals surface area contributed by atoms with Crippen molar-refractivity contribution in [1.82, 2.24) is 14.8 Å². The van der Waals surface area contributed by atoms with Crippen molar-refractivity contribution < 1.29 is 9.66 Å². The number of ether oxygens (including phenoxy) is 1. The van der Waals surface area contributed by atoms with E-state index in [2.05, 4.69) is 10.1 Å². The first-order valence-corrected chi connectivity index (χ1v) is 5.84. The predicted octanol–water partition coefficient (Wildman–Crippen LogP) is 2.67. The quantitative estimate of drug-likeness (QED) is 0.539. The van der Waals surface area contributed by atoms with E-state index in [1.54, 1.807) is 48.5 Å². The van der Waals surface area contributed by atoms with E-state index in [0.717, 1.165) is 0 Å². The highest BCUT2D eigenvalue weighted by atomic mass is 16.6. The second kappa shape index (κ2) is 4.61. The van der Waals surface area contributed by atoms with Crippen molar-refractivity contribution >= 4 is 16.6 Å². The Kier molecular flexibility index (Phi) is 2.79. The summed E-state index contributed by atoms with van der Waals surface area (Å²) in [4.78, 5) is 14.7. The third kappa shape index (κ3) is 2.05. The number of pyridine rings is 1. The normalized spacial score (nSPS) is 10.7. The fourth-order valence-corrected chi connectivity index (χ4v) is 1.95. The molecule has 0 aliphatic rings. The van der Waals surface area contributed by atoms with Gasteiger partial charge in [0.05, 0.1) is 22.7 Å². The van der Waals surface area contributed by atoms with E-state index in [4.69, 9.17) is 4.74 Å². The molecule has 3 rings (SSSR count). The van der Waals surface area contributed by atoms with Gasteiger partial charge in [0.15, 0.2) is 11.5 Å². The molecule has 0 fully saturated rings. The van der Waals surface area contributed by atoms with Gasteiger partial charge in [-0.1, -0.05) is 0 Å². The van der Waals surface area contributed by atoms with Crippen LogP contribution in [0.4, 0.5) is 5.69 Å². The number of nitro groups is 1. The summed E-state index contributed by atoms with van der Waals surface area (Å²) < 4.78 is 7.29. The van der Waals surface area contributed by atoms with Gasteiger partial charge in [0, 0.05) is 19.3 Å². The summed E-state index contributed by atoms with van der Waals surface area (Å²) in [6.45, 7) is 0. The number of aromatic nitrogens is 3. The lowest BCUT2D eigenvalue weighted by Crippen LogP contribution is -1.93. The van der Waals surface area contributed by atoms with Crippen LogP contribution >= 0.6 is 0 Å². The largest absolute Gasteiger partial charge is 0.452 e. The Morgan fingerprint density at radius 2 is 2.20 bits per heavy atom. The lowest BCUT2D eigenvalue weighted by atomic mass is 10.1. The highest BCUT2D eigenvalue weighted by Crippen LogP contribution is 2.33. The predicted molar refractivity (Wildman–Crippen MR) is 71.7 cm³/mol. The lowest BCUT2D eigenvalue weighted by molar-refractivity contribution is -0.383. The number of rotatable bonds is 3. The van der Waals surface area contributed by atoms with Crippen LogP contribution in [-0.4, -0.2) is 19.7 Å². The molecule has 7 nitrogen and oxygen atoms in total. The second-order valence-electron chi connectivity index (χ2n) is 4.19. The van der Waals surface area contributed by atoms with Crippen LogP contribution in [0.2, 0.25) is 0 Å². The SMILES string of the molecule is Cn1cc(Oc2ccc([N+](=O)[O-])c3cccnc23)cn1. The van der Waals surface area contributed by atoms with Gasteiger partial charge in [-0.25, -0.2) is 0 Å². The Hall–Kier alpha value is -2.96. The Bertz CT molecular complexity index is 797. The van der Waals surface area contributed by atoms with E-state index in [9.17, 15) is 10.1 Å². The molecule has 0 saturated carbocycles. The zero-order chi connectivity index (χ0) is 14.1. The van der Waals surface area contributed by atoms with Crippen LogP contribution in [0.1, 0.15) is 0 Å². The number of nitrogens with zero attached hydrogens (tertiary/aromatic N) is 4. The van der Waals surface area contributed by atoms with Gasteiger partial charge in [-0.05, 0) is 18.2 Å². The molecule has 0 saturated heterocycles. The minimum atomic E-state index is -0.433. The molecule has 20 heavy (non-hydrogen) atoms. The van der Waals surface area contributed by atoms with Crippen LogP contribution in [-0.2, 0) is 7.05 Å². The summed E-state index contributed by atoms with van der Waals surface area (Å²) >= 11 is 0. The van der Waals surface area contributed by atoms with E-state index in [1.807, 2.05) is 0 Å². The van der Waals surface area contributed by atoms with Gasteiger partial charge in [0.2, 0.25) is 0 Å². The average Bonchev–Trinajstić information content (AvgIpc) is 2.84. The molecule has 0 spiro atoms. The molecule has 0 aliphatic carbocycles. The van der Waals surface area contributed by atoms with Crippen LogP contribution < -0.4 is 4.74 Å². The van der Waals surface area contributed by atoms with Gasteiger partial charge in [0.1, 0.15) is 5.52 Å². The van der Waals surface area contributed by atoms with Crippen molar-refractivity contribution in [3.63, 3.8) is 0 Å². The van der Waals surface area contributed by atoms with Gasteiger partial charge in [0.25, 0.3) is 5.69 Å². The minimum Gasteiger partial charge on any atom is -0.452 e. The fourth-order valence-electron chi connectivity index (χ4n) is 1.95. The molecule has 2 heterocycles. The van der Waals surface area contributed by atoms with Crippen molar-refractivity contribution in [2.45, 2.75) is 0 Å². The van der Waals surface area contributed by atoms with E-state index in [0.29, 0.717) is 22.4 Å². The summed E-state index contributed by atoms with van der Waals surface area (Å²) in [6, 6.07) is 6.26. The number of fused-ring (bicyclic) bond motifs is 1. The first-order chi connectivity index (χ1) is 9.65. The molecule has 100 valence electrons. The molecule has 0 unspecified atom stereocenters. The minimum absolute atomic E-state index is 0.00615. The molecule has 0 radical (unpaired) electrons. The number of benzene rings is 1.